The van der Waals surface area contributed by atoms with Crippen LogP contribution >= 0.6 is 11.3 Å². The lowest BCUT2D eigenvalue weighted by Crippen LogP contribution is -1.98. The number of aromatic nitrogens is 1. The van der Waals surface area contributed by atoms with Crippen LogP contribution in [0.15, 0.2) is 188 Å². The van der Waals surface area contributed by atoms with E-state index in [0.29, 0.717) is 0 Å². The fourth-order valence-corrected chi connectivity index (χ4v) is 10.9. The van der Waals surface area contributed by atoms with Crippen LogP contribution in [-0.4, -0.2) is 4.57 Å². The number of thiophene rings is 1. The highest BCUT2D eigenvalue weighted by molar-refractivity contribution is 7.26. The number of para-hydroxylation sites is 1. The third-order valence-electron chi connectivity index (χ3n) is 12.3. The molecule has 2 heterocycles. The first kappa shape index (κ1) is 30.3. The molecule has 0 fully saturated rings. The second-order valence-electron chi connectivity index (χ2n) is 15.3. The van der Waals surface area contributed by atoms with E-state index in [1.165, 1.54) is 123 Å². The first-order chi connectivity index (χ1) is 27.7. The average Bonchev–Trinajstić information content (AvgIpc) is 3.80. The summed E-state index contributed by atoms with van der Waals surface area (Å²) < 4.78 is 5.23. The van der Waals surface area contributed by atoms with Crippen LogP contribution in [0.25, 0.3) is 123 Å². The van der Waals surface area contributed by atoms with Crippen LogP contribution in [0, 0.1) is 0 Å². The minimum absolute atomic E-state index is 1.21. The van der Waals surface area contributed by atoms with E-state index in [0.717, 1.165) is 0 Å². The van der Waals surface area contributed by atoms with Crippen LogP contribution in [0.5, 0.6) is 0 Å². The van der Waals surface area contributed by atoms with Crippen molar-refractivity contribution < 1.29 is 0 Å². The molecular formula is C54H31NS. The van der Waals surface area contributed by atoms with Crippen molar-refractivity contribution in [1.29, 1.82) is 0 Å². The third-order valence-corrected chi connectivity index (χ3v) is 13.5. The Balaban J connectivity index is 1.17. The molecule has 13 aromatic rings. The van der Waals surface area contributed by atoms with Gasteiger partial charge in [-0.3, -0.25) is 0 Å². The van der Waals surface area contributed by atoms with E-state index in [1.807, 2.05) is 11.3 Å². The normalized spacial score (nSPS) is 12.3. The number of rotatable bonds is 2. The molecule has 0 radical (unpaired) electrons. The SMILES string of the molecule is c1ccc2c(c1)ccc1cc3c(-n4c5ccccc5c5cc(-c6cccc7c6sc6ccccc67)ccc54)c4cc5c(ccc6ccccc65)cc4cc3cc12. The Morgan fingerprint density at radius 2 is 0.875 bits per heavy atom. The summed E-state index contributed by atoms with van der Waals surface area (Å²) in [4.78, 5) is 0. The molecule has 0 spiro atoms. The summed E-state index contributed by atoms with van der Waals surface area (Å²) in [5, 5.41) is 20.4. The van der Waals surface area contributed by atoms with Crippen LogP contribution in [0.3, 0.4) is 0 Å². The van der Waals surface area contributed by atoms with Crippen LogP contribution in [-0.2, 0) is 0 Å². The van der Waals surface area contributed by atoms with Gasteiger partial charge in [-0.2, -0.15) is 0 Å². The second-order valence-corrected chi connectivity index (χ2v) is 16.3. The van der Waals surface area contributed by atoms with Crippen molar-refractivity contribution in [2.45, 2.75) is 0 Å². The molecule has 0 N–H and O–H groups in total. The second kappa shape index (κ2) is 11.3. The summed E-state index contributed by atoms with van der Waals surface area (Å²) >= 11 is 1.89. The van der Waals surface area contributed by atoms with Crippen LogP contribution in [0.4, 0.5) is 0 Å². The number of benzene rings is 11. The molecule has 0 atom stereocenters. The first-order valence-corrected chi connectivity index (χ1v) is 20.1. The zero-order chi connectivity index (χ0) is 36.5. The molecule has 11 aromatic carbocycles. The molecule has 13 rings (SSSR count). The Bertz CT molecular complexity index is 3820. The molecule has 56 heavy (non-hydrogen) atoms. The van der Waals surface area contributed by atoms with Crippen molar-refractivity contribution in [2.75, 3.05) is 0 Å². The molecule has 1 nitrogen and oxygen atoms in total. The number of hydrogen-bond acceptors (Lipinski definition) is 1. The number of fused-ring (bicyclic) bond motifs is 14. The first-order valence-electron chi connectivity index (χ1n) is 19.3. The van der Waals surface area contributed by atoms with Gasteiger partial charge in [-0.1, -0.05) is 133 Å². The average molecular weight is 726 g/mol. The minimum Gasteiger partial charge on any atom is -0.308 e. The van der Waals surface area contributed by atoms with Gasteiger partial charge in [-0.25, -0.2) is 0 Å². The molecule has 0 aliphatic heterocycles. The maximum absolute atomic E-state index is 2.56. The summed E-state index contributed by atoms with van der Waals surface area (Å²) in [5.74, 6) is 0. The highest BCUT2D eigenvalue weighted by Crippen LogP contribution is 2.45. The van der Waals surface area contributed by atoms with E-state index in [9.17, 15) is 0 Å². The molecule has 2 aromatic heterocycles. The van der Waals surface area contributed by atoms with Crippen molar-refractivity contribution in [1.82, 2.24) is 4.57 Å². The summed E-state index contributed by atoms with van der Waals surface area (Å²) in [6.45, 7) is 0. The Morgan fingerprint density at radius 1 is 0.304 bits per heavy atom. The van der Waals surface area contributed by atoms with E-state index >= 15 is 0 Å². The molecule has 0 unspecified atom stereocenters. The number of nitrogens with zero attached hydrogens (tertiary/aromatic N) is 1. The molecule has 0 aliphatic carbocycles. The Kier molecular flexibility index (Phi) is 6.11. The largest absolute Gasteiger partial charge is 0.308 e. The fourth-order valence-electron chi connectivity index (χ4n) is 9.70. The predicted molar refractivity (Wildman–Crippen MR) is 244 cm³/mol. The van der Waals surface area contributed by atoms with Crippen molar-refractivity contribution in [2.24, 2.45) is 0 Å². The van der Waals surface area contributed by atoms with E-state index in [1.54, 1.807) is 0 Å². The highest BCUT2D eigenvalue weighted by Gasteiger charge is 2.20. The fraction of sp³-hybridized carbons (Fsp3) is 0. The lowest BCUT2D eigenvalue weighted by atomic mass is 9.92. The lowest BCUT2D eigenvalue weighted by Gasteiger charge is -2.18. The Hall–Kier alpha value is -7.00. The maximum atomic E-state index is 2.56. The van der Waals surface area contributed by atoms with Gasteiger partial charge in [0.1, 0.15) is 0 Å². The van der Waals surface area contributed by atoms with E-state index < -0.39 is 0 Å². The molecular weight excluding hydrogens is 695 g/mol. The lowest BCUT2D eigenvalue weighted by molar-refractivity contribution is 1.21. The van der Waals surface area contributed by atoms with Gasteiger partial charge in [0.05, 0.1) is 16.7 Å². The third kappa shape index (κ3) is 4.19. The Labute approximate surface area is 325 Å². The molecule has 0 bridgehead atoms. The molecule has 0 saturated heterocycles. The van der Waals surface area contributed by atoms with Gasteiger partial charge in [-0.05, 0) is 120 Å². The zero-order valence-electron chi connectivity index (χ0n) is 30.3. The van der Waals surface area contributed by atoms with Crippen molar-refractivity contribution in [3.63, 3.8) is 0 Å². The number of hydrogen-bond donors (Lipinski definition) is 0. The van der Waals surface area contributed by atoms with Crippen molar-refractivity contribution in [3.8, 4) is 16.8 Å². The van der Waals surface area contributed by atoms with E-state index in [2.05, 4.69) is 193 Å². The van der Waals surface area contributed by atoms with Gasteiger partial charge in [0.2, 0.25) is 0 Å². The van der Waals surface area contributed by atoms with Crippen LogP contribution in [0.2, 0.25) is 0 Å². The zero-order valence-corrected chi connectivity index (χ0v) is 31.1. The summed E-state index contributed by atoms with van der Waals surface area (Å²) in [5.41, 5.74) is 6.19. The predicted octanol–water partition coefficient (Wildman–Crippen LogP) is 15.7. The monoisotopic (exact) mass is 725 g/mol. The molecule has 2 heteroatoms. The molecule has 0 amide bonds. The molecule has 0 aliphatic rings. The van der Waals surface area contributed by atoms with Crippen LogP contribution in [0.1, 0.15) is 0 Å². The standard InChI is InChI=1S/C54H31NS/c1-3-12-39-32(10-1)21-23-36-28-47-38(30-45(36)39)27-37-26-34-22-20-33-11-2-4-13-40(33)46(34)31-48(37)53(47)55-50-18-7-5-14-42(50)49-29-35(24-25-51(49)55)41-16-9-17-44-43-15-6-8-19-52(43)56-54(41)44/h1-31H. The van der Waals surface area contributed by atoms with E-state index in [-0.39, 0.29) is 0 Å². The van der Waals surface area contributed by atoms with Gasteiger partial charge in [0.25, 0.3) is 0 Å². The van der Waals surface area contributed by atoms with Gasteiger partial charge in [0, 0.05) is 41.7 Å². The topological polar surface area (TPSA) is 4.93 Å². The molecule has 0 saturated carbocycles. The smallest absolute Gasteiger partial charge is 0.0619 e. The quantitative estimate of drug-likeness (QED) is 0.124. The Morgan fingerprint density at radius 3 is 1.70 bits per heavy atom. The van der Waals surface area contributed by atoms with Gasteiger partial charge < -0.3 is 4.57 Å². The summed E-state index contributed by atoms with van der Waals surface area (Å²) in [6, 6.07) is 70.5. The minimum atomic E-state index is 1.21. The van der Waals surface area contributed by atoms with E-state index in [4.69, 9.17) is 0 Å². The van der Waals surface area contributed by atoms with Gasteiger partial charge in [0.15, 0.2) is 0 Å². The molecule has 258 valence electrons. The van der Waals surface area contributed by atoms with Crippen molar-refractivity contribution >= 4 is 118 Å². The van der Waals surface area contributed by atoms with Crippen molar-refractivity contribution in [3.05, 3.63) is 188 Å². The highest BCUT2D eigenvalue weighted by atomic mass is 32.1. The summed E-state index contributed by atoms with van der Waals surface area (Å²) in [7, 11) is 0. The van der Waals surface area contributed by atoms with Gasteiger partial charge in [-0.15, -0.1) is 11.3 Å². The summed E-state index contributed by atoms with van der Waals surface area (Å²) in [6.07, 6.45) is 0. The maximum Gasteiger partial charge on any atom is 0.0619 e. The van der Waals surface area contributed by atoms with Crippen LogP contribution < -0.4 is 0 Å². The van der Waals surface area contributed by atoms with Gasteiger partial charge >= 0.3 is 0 Å².